The van der Waals surface area contributed by atoms with Gasteiger partial charge in [0, 0.05) is 66.9 Å². The third kappa shape index (κ3) is 5.40. The highest BCUT2D eigenvalue weighted by Crippen LogP contribution is 2.28. The van der Waals surface area contributed by atoms with E-state index in [2.05, 4.69) is 9.80 Å². The molecule has 0 spiro atoms. The Morgan fingerprint density at radius 1 is 0.806 bits per heavy atom. The number of fused-ring (bicyclic) bond motifs is 1. The molecule has 1 saturated heterocycles. The molecular weight excluding hydrogens is 433 g/mol. The van der Waals surface area contributed by atoms with Crippen LogP contribution in [-0.4, -0.2) is 55.9 Å². The summed E-state index contributed by atoms with van der Waals surface area (Å²) < 4.78 is 0. The van der Waals surface area contributed by atoms with Crippen LogP contribution in [0.2, 0.25) is 10.0 Å². The number of carbonyl (C=O) groups is 2. The van der Waals surface area contributed by atoms with Gasteiger partial charge in [-0.1, -0.05) is 35.3 Å². The molecule has 0 saturated carbocycles. The zero-order chi connectivity index (χ0) is 21.8. The van der Waals surface area contributed by atoms with E-state index in [4.69, 9.17) is 23.2 Å². The van der Waals surface area contributed by atoms with Crippen LogP contribution in [0.15, 0.2) is 42.5 Å². The van der Waals surface area contributed by atoms with Gasteiger partial charge in [-0.2, -0.15) is 0 Å². The van der Waals surface area contributed by atoms with Crippen LogP contribution in [0.25, 0.3) is 0 Å². The van der Waals surface area contributed by atoms with Gasteiger partial charge in [-0.15, -0.1) is 0 Å². The number of piperazine rings is 1. The van der Waals surface area contributed by atoms with E-state index in [1.165, 1.54) is 0 Å². The van der Waals surface area contributed by atoms with Gasteiger partial charge in [-0.25, -0.2) is 0 Å². The van der Waals surface area contributed by atoms with Gasteiger partial charge < -0.3 is 9.80 Å². The molecule has 0 bridgehead atoms. The molecular formula is C24H27Cl2N3O2. The van der Waals surface area contributed by atoms with Crippen LogP contribution in [0.4, 0.5) is 11.4 Å². The van der Waals surface area contributed by atoms with E-state index in [1.54, 1.807) is 11.0 Å². The first-order valence-electron chi connectivity index (χ1n) is 10.9. The van der Waals surface area contributed by atoms with Crippen LogP contribution in [0, 0.1) is 0 Å². The van der Waals surface area contributed by atoms with E-state index >= 15 is 0 Å². The highest BCUT2D eigenvalue weighted by molar-refractivity contribution is 6.35. The van der Waals surface area contributed by atoms with E-state index in [0.29, 0.717) is 35.0 Å². The minimum absolute atomic E-state index is 0.0482. The predicted molar refractivity (Wildman–Crippen MR) is 127 cm³/mol. The highest BCUT2D eigenvalue weighted by atomic mass is 35.5. The van der Waals surface area contributed by atoms with Gasteiger partial charge in [0.05, 0.1) is 5.69 Å². The summed E-state index contributed by atoms with van der Waals surface area (Å²) in [7, 11) is 0. The highest BCUT2D eigenvalue weighted by Gasteiger charge is 2.26. The third-order valence-corrected chi connectivity index (χ3v) is 6.49. The summed E-state index contributed by atoms with van der Waals surface area (Å²) in [5.74, 6) is 0.109. The quantitative estimate of drug-likeness (QED) is 0.575. The Bertz CT molecular complexity index is 937. The van der Waals surface area contributed by atoms with Gasteiger partial charge in [0.15, 0.2) is 5.78 Å². The molecule has 2 heterocycles. The molecule has 2 aliphatic heterocycles. The van der Waals surface area contributed by atoms with E-state index < -0.39 is 0 Å². The Morgan fingerprint density at radius 3 is 2.23 bits per heavy atom. The second kappa shape index (κ2) is 10.0. The maximum atomic E-state index is 12.6. The number of halogens is 2. The topological polar surface area (TPSA) is 43.9 Å². The fourth-order valence-corrected chi connectivity index (χ4v) is 4.89. The van der Waals surface area contributed by atoms with E-state index in [1.807, 2.05) is 36.4 Å². The van der Waals surface area contributed by atoms with Gasteiger partial charge in [0.2, 0.25) is 5.91 Å². The number of hydrogen-bond donors (Lipinski definition) is 0. The lowest BCUT2D eigenvalue weighted by molar-refractivity contribution is -0.118. The molecule has 2 aromatic carbocycles. The normalized spacial score (nSPS) is 17.6. The van der Waals surface area contributed by atoms with Crippen molar-refractivity contribution in [2.45, 2.75) is 25.7 Å². The molecule has 2 aliphatic rings. The van der Waals surface area contributed by atoms with Gasteiger partial charge in [0.1, 0.15) is 0 Å². The first kappa shape index (κ1) is 22.1. The summed E-state index contributed by atoms with van der Waals surface area (Å²) in [5, 5.41) is 1.33. The zero-order valence-corrected chi connectivity index (χ0v) is 19.0. The molecule has 7 heteroatoms. The Labute approximate surface area is 193 Å². The van der Waals surface area contributed by atoms with E-state index in [-0.39, 0.29) is 11.7 Å². The number of rotatable bonds is 6. The van der Waals surface area contributed by atoms with E-state index in [0.717, 1.165) is 56.9 Å². The number of carbonyl (C=O) groups excluding carboxylic acids is 2. The lowest BCUT2D eigenvalue weighted by Gasteiger charge is -2.36. The second-order valence-corrected chi connectivity index (χ2v) is 9.02. The number of benzene rings is 2. The average Bonchev–Trinajstić information content (AvgIpc) is 2.88. The summed E-state index contributed by atoms with van der Waals surface area (Å²) in [6, 6.07) is 13.2. The number of nitrogens with zero attached hydrogens (tertiary/aromatic N) is 3. The standard InChI is InChI=1S/C24H27Cl2N3O2/c25-18-15-19(26)17-20(16-18)28-13-11-27(12-14-28)9-3-4-10-29-22-6-2-1-5-21(22)23(30)7-8-24(29)31/h1-2,5-6,15-17H,3-4,7-14H2. The summed E-state index contributed by atoms with van der Waals surface area (Å²) in [5.41, 5.74) is 2.51. The van der Waals surface area contributed by atoms with Crippen molar-refractivity contribution in [3.8, 4) is 0 Å². The van der Waals surface area contributed by atoms with Crippen LogP contribution < -0.4 is 9.80 Å². The van der Waals surface area contributed by atoms with Crippen LogP contribution >= 0.6 is 23.2 Å². The van der Waals surface area contributed by atoms with Crippen molar-refractivity contribution in [2.75, 3.05) is 49.1 Å². The van der Waals surface area contributed by atoms with Gasteiger partial charge >= 0.3 is 0 Å². The van der Waals surface area contributed by atoms with Crippen molar-refractivity contribution in [3.05, 3.63) is 58.1 Å². The van der Waals surface area contributed by atoms with Crippen molar-refractivity contribution in [3.63, 3.8) is 0 Å². The lowest BCUT2D eigenvalue weighted by atomic mass is 10.1. The first-order chi connectivity index (χ1) is 15.0. The number of anilines is 2. The minimum atomic E-state index is 0.0482. The summed E-state index contributed by atoms with van der Waals surface area (Å²) in [6.07, 6.45) is 2.53. The number of unbranched alkanes of at least 4 members (excludes halogenated alkanes) is 1. The van der Waals surface area contributed by atoms with Crippen LogP contribution in [0.3, 0.4) is 0 Å². The minimum Gasteiger partial charge on any atom is -0.369 e. The molecule has 4 rings (SSSR count). The zero-order valence-electron chi connectivity index (χ0n) is 17.5. The smallest absolute Gasteiger partial charge is 0.227 e. The molecule has 31 heavy (non-hydrogen) atoms. The first-order valence-corrected chi connectivity index (χ1v) is 11.6. The molecule has 5 nitrogen and oxygen atoms in total. The Hall–Kier alpha value is -2.08. The van der Waals surface area contributed by atoms with Crippen molar-refractivity contribution < 1.29 is 9.59 Å². The van der Waals surface area contributed by atoms with Gasteiger partial charge in [0.25, 0.3) is 0 Å². The van der Waals surface area contributed by atoms with Crippen molar-refractivity contribution in [1.29, 1.82) is 0 Å². The third-order valence-electron chi connectivity index (χ3n) is 6.05. The molecule has 2 aromatic rings. The van der Waals surface area contributed by atoms with Crippen LogP contribution in [-0.2, 0) is 4.79 Å². The molecule has 1 fully saturated rings. The summed E-state index contributed by atoms with van der Waals surface area (Å²) in [6.45, 7) is 5.53. The Balaban J connectivity index is 1.26. The predicted octanol–water partition coefficient (Wildman–Crippen LogP) is 4.91. The fraction of sp³-hybridized carbons (Fsp3) is 0.417. The molecule has 0 radical (unpaired) electrons. The van der Waals surface area contributed by atoms with Crippen molar-refractivity contribution >= 4 is 46.3 Å². The molecule has 1 amide bonds. The molecule has 0 aliphatic carbocycles. The number of para-hydroxylation sites is 1. The molecule has 164 valence electrons. The van der Waals surface area contributed by atoms with Gasteiger partial charge in [-0.05, 0) is 49.7 Å². The molecule has 0 unspecified atom stereocenters. The van der Waals surface area contributed by atoms with Crippen LogP contribution in [0.5, 0.6) is 0 Å². The number of hydrogen-bond acceptors (Lipinski definition) is 4. The maximum Gasteiger partial charge on any atom is 0.227 e. The molecule has 0 atom stereocenters. The number of amides is 1. The van der Waals surface area contributed by atoms with Crippen LogP contribution in [0.1, 0.15) is 36.0 Å². The van der Waals surface area contributed by atoms with Crippen molar-refractivity contribution in [2.24, 2.45) is 0 Å². The largest absolute Gasteiger partial charge is 0.369 e. The number of Topliss-reactive ketones (excluding diaryl/α,β-unsaturated/α-hetero) is 1. The second-order valence-electron chi connectivity index (χ2n) is 8.15. The summed E-state index contributed by atoms with van der Waals surface area (Å²) in [4.78, 5) is 31.5. The van der Waals surface area contributed by atoms with Crippen molar-refractivity contribution in [1.82, 2.24) is 4.90 Å². The van der Waals surface area contributed by atoms with E-state index in [9.17, 15) is 9.59 Å². The molecule has 0 aromatic heterocycles. The fourth-order valence-electron chi connectivity index (χ4n) is 4.37. The van der Waals surface area contributed by atoms with Gasteiger partial charge in [-0.3, -0.25) is 14.5 Å². The molecule has 0 N–H and O–H groups in total. The monoisotopic (exact) mass is 459 g/mol. The summed E-state index contributed by atoms with van der Waals surface area (Å²) >= 11 is 12.3. The Kier molecular flexibility index (Phi) is 7.16. The lowest BCUT2D eigenvalue weighted by Crippen LogP contribution is -2.46. The number of ketones is 1. The Morgan fingerprint density at radius 2 is 1.48 bits per heavy atom. The SMILES string of the molecule is O=C1CCC(=O)N(CCCCN2CCN(c3cc(Cl)cc(Cl)c3)CC2)c2ccccc21. The maximum absolute atomic E-state index is 12.6. The average molecular weight is 460 g/mol.